The highest BCUT2D eigenvalue weighted by atomic mass is 16.3. The fourth-order valence-electron chi connectivity index (χ4n) is 1.95. The van der Waals surface area contributed by atoms with Crippen molar-refractivity contribution in [2.24, 2.45) is 5.84 Å². The molecule has 0 saturated carbocycles. The number of hydrogen-bond donors (Lipinski definition) is 2. The van der Waals surface area contributed by atoms with Gasteiger partial charge in [0.15, 0.2) is 0 Å². The van der Waals surface area contributed by atoms with Crippen LogP contribution in [0.4, 0.5) is 0 Å². The van der Waals surface area contributed by atoms with E-state index in [1.54, 1.807) is 0 Å². The molecule has 1 atom stereocenters. The van der Waals surface area contributed by atoms with Crippen LogP contribution in [-0.4, -0.2) is 0 Å². The number of nitrogens with two attached hydrogens (primary N) is 1. The van der Waals surface area contributed by atoms with Gasteiger partial charge in [-0.05, 0) is 31.4 Å². The Hall–Kier alpha value is -1.58. The van der Waals surface area contributed by atoms with Crippen molar-refractivity contribution < 1.29 is 4.42 Å². The van der Waals surface area contributed by atoms with Gasteiger partial charge in [-0.25, -0.2) is 5.43 Å². The Balaban J connectivity index is 2.15. The lowest BCUT2D eigenvalue weighted by Crippen LogP contribution is -2.27. The van der Waals surface area contributed by atoms with E-state index in [0.29, 0.717) is 0 Å². The molecule has 0 aliphatic rings. The SMILES string of the molecule is C=CCCCC(NN)c1cc2ccccc2o1. The summed E-state index contributed by atoms with van der Waals surface area (Å²) in [5.41, 5.74) is 3.72. The van der Waals surface area contributed by atoms with Crippen molar-refractivity contribution >= 4 is 11.0 Å². The summed E-state index contributed by atoms with van der Waals surface area (Å²) in [6, 6.07) is 10.1. The standard InChI is InChI=1S/C14H18N2O/c1-2-3-4-8-12(16-15)14-10-11-7-5-6-9-13(11)17-14/h2,5-7,9-10,12,16H,1,3-4,8,15H2. The number of hydrazine groups is 1. The molecule has 1 unspecified atom stereocenters. The third kappa shape index (κ3) is 2.75. The van der Waals surface area contributed by atoms with Crippen molar-refractivity contribution in [1.82, 2.24) is 5.43 Å². The van der Waals surface area contributed by atoms with Crippen LogP contribution in [0.1, 0.15) is 31.1 Å². The molecule has 1 aromatic heterocycles. The van der Waals surface area contributed by atoms with Crippen LogP contribution in [0.2, 0.25) is 0 Å². The normalized spacial score (nSPS) is 12.8. The number of allylic oxidation sites excluding steroid dienone is 1. The Bertz CT molecular complexity index is 457. The quantitative estimate of drug-likeness (QED) is 0.346. The van der Waals surface area contributed by atoms with Crippen LogP contribution in [0, 0.1) is 0 Å². The number of rotatable bonds is 6. The van der Waals surface area contributed by atoms with Gasteiger partial charge >= 0.3 is 0 Å². The Morgan fingerprint density at radius 3 is 2.94 bits per heavy atom. The van der Waals surface area contributed by atoms with E-state index in [1.165, 1.54) is 0 Å². The number of fused-ring (bicyclic) bond motifs is 1. The van der Waals surface area contributed by atoms with Crippen LogP contribution >= 0.6 is 0 Å². The highest BCUT2D eigenvalue weighted by Gasteiger charge is 2.13. The zero-order valence-corrected chi connectivity index (χ0v) is 9.86. The first-order valence-electron chi connectivity index (χ1n) is 5.90. The maximum atomic E-state index is 5.78. The molecule has 0 saturated heterocycles. The van der Waals surface area contributed by atoms with Crippen LogP contribution in [0.5, 0.6) is 0 Å². The second-order valence-corrected chi connectivity index (χ2v) is 4.13. The highest BCUT2D eigenvalue weighted by Crippen LogP contribution is 2.26. The van der Waals surface area contributed by atoms with E-state index in [2.05, 4.69) is 12.0 Å². The maximum absolute atomic E-state index is 5.78. The van der Waals surface area contributed by atoms with Gasteiger partial charge in [0.2, 0.25) is 0 Å². The topological polar surface area (TPSA) is 51.2 Å². The summed E-state index contributed by atoms with van der Waals surface area (Å²) in [4.78, 5) is 0. The second-order valence-electron chi connectivity index (χ2n) is 4.13. The van der Waals surface area contributed by atoms with Crippen LogP contribution < -0.4 is 11.3 Å². The molecule has 3 N–H and O–H groups in total. The first-order chi connectivity index (χ1) is 8.35. The minimum absolute atomic E-state index is 0.0716. The first kappa shape index (κ1) is 11.9. The summed E-state index contributed by atoms with van der Waals surface area (Å²) in [5, 5.41) is 1.12. The average molecular weight is 230 g/mol. The summed E-state index contributed by atoms with van der Waals surface area (Å²) < 4.78 is 5.78. The van der Waals surface area contributed by atoms with E-state index in [9.17, 15) is 0 Å². The molecule has 1 heterocycles. The smallest absolute Gasteiger partial charge is 0.134 e. The minimum atomic E-state index is 0.0716. The molecule has 0 bridgehead atoms. The van der Waals surface area contributed by atoms with E-state index >= 15 is 0 Å². The lowest BCUT2D eigenvalue weighted by Gasteiger charge is -2.11. The van der Waals surface area contributed by atoms with E-state index in [-0.39, 0.29) is 6.04 Å². The Labute approximate surface area is 101 Å². The van der Waals surface area contributed by atoms with Gasteiger partial charge in [-0.2, -0.15) is 0 Å². The number of hydrogen-bond acceptors (Lipinski definition) is 3. The predicted octanol–water partition coefficient (Wildman–Crippen LogP) is 3.29. The van der Waals surface area contributed by atoms with Gasteiger partial charge in [0.25, 0.3) is 0 Å². The average Bonchev–Trinajstić information content (AvgIpc) is 2.78. The van der Waals surface area contributed by atoms with Crippen molar-refractivity contribution in [3.8, 4) is 0 Å². The Morgan fingerprint density at radius 1 is 1.41 bits per heavy atom. The molecule has 0 aliphatic carbocycles. The summed E-state index contributed by atoms with van der Waals surface area (Å²) in [7, 11) is 0. The third-order valence-corrected chi connectivity index (χ3v) is 2.89. The molecule has 0 amide bonds. The molecule has 3 nitrogen and oxygen atoms in total. The van der Waals surface area contributed by atoms with Gasteiger partial charge in [0, 0.05) is 5.39 Å². The summed E-state index contributed by atoms with van der Waals surface area (Å²) in [6.45, 7) is 3.72. The van der Waals surface area contributed by atoms with Crippen LogP contribution in [-0.2, 0) is 0 Å². The molecule has 17 heavy (non-hydrogen) atoms. The number of unbranched alkanes of at least 4 members (excludes halogenated alkanes) is 1. The molecular weight excluding hydrogens is 212 g/mol. The largest absolute Gasteiger partial charge is 0.459 e. The van der Waals surface area contributed by atoms with Crippen molar-refractivity contribution in [2.45, 2.75) is 25.3 Å². The maximum Gasteiger partial charge on any atom is 0.134 e. The van der Waals surface area contributed by atoms with Gasteiger partial charge in [-0.1, -0.05) is 24.3 Å². The molecule has 90 valence electrons. The molecule has 1 aromatic carbocycles. The first-order valence-corrected chi connectivity index (χ1v) is 5.90. The predicted molar refractivity (Wildman–Crippen MR) is 70.3 cm³/mol. The second kappa shape index (κ2) is 5.66. The fourth-order valence-corrected chi connectivity index (χ4v) is 1.95. The summed E-state index contributed by atoms with van der Waals surface area (Å²) in [5.74, 6) is 6.47. The lowest BCUT2D eigenvalue weighted by atomic mass is 10.1. The lowest BCUT2D eigenvalue weighted by molar-refractivity contribution is 0.410. The minimum Gasteiger partial charge on any atom is -0.459 e. The van der Waals surface area contributed by atoms with Gasteiger partial charge < -0.3 is 4.42 Å². The molecule has 0 aliphatic heterocycles. The molecular formula is C14H18N2O. The summed E-state index contributed by atoms with van der Waals surface area (Å²) in [6.07, 6.45) is 4.92. The van der Waals surface area contributed by atoms with Gasteiger partial charge in [-0.3, -0.25) is 5.84 Å². The van der Waals surface area contributed by atoms with Crippen molar-refractivity contribution in [3.05, 3.63) is 48.7 Å². The third-order valence-electron chi connectivity index (χ3n) is 2.89. The van der Waals surface area contributed by atoms with Crippen molar-refractivity contribution in [1.29, 1.82) is 0 Å². The van der Waals surface area contributed by atoms with Gasteiger partial charge in [0.1, 0.15) is 11.3 Å². The van der Waals surface area contributed by atoms with Gasteiger partial charge in [0.05, 0.1) is 6.04 Å². The summed E-state index contributed by atoms with van der Waals surface area (Å²) >= 11 is 0. The van der Waals surface area contributed by atoms with E-state index in [1.807, 2.05) is 36.4 Å². The van der Waals surface area contributed by atoms with Crippen molar-refractivity contribution in [3.63, 3.8) is 0 Å². The fraction of sp³-hybridized carbons (Fsp3) is 0.286. The molecule has 2 aromatic rings. The number of furan rings is 1. The Kier molecular flexibility index (Phi) is 3.96. The highest BCUT2D eigenvalue weighted by molar-refractivity contribution is 5.77. The zero-order chi connectivity index (χ0) is 12.1. The van der Waals surface area contributed by atoms with Crippen LogP contribution in [0.15, 0.2) is 47.4 Å². The molecule has 2 rings (SSSR count). The van der Waals surface area contributed by atoms with E-state index < -0.39 is 0 Å². The van der Waals surface area contributed by atoms with Crippen molar-refractivity contribution in [2.75, 3.05) is 0 Å². The van der Waals surface area contributed by atoms with E-state index in [4.69, 9.17) is 10.3 Å². The monoisotopic (exact) mass is 230 g/mol. The number of nitrogens with one attached hydrogen (secondary N) is 1. The number of benzene rings is 1. The molecule has 0 spiro atoms. The van der Waals surface area contributed by atoms with E-state index in [0.717, 1.165) is 36.0 Å². The van der Waals surface area contributed by atoms with Gasteiger partial charge in [-0.15, -0.1) is 6.58 Å². The number of para-hydroxylation sites is 1. The zero-order valence-electron chi connectivity index (χ0n) is 9.86. The molecule has 0 radical (unpaired) electrons. The molecule has 0 fully saturated rings. The molecule has 3 heteroatoms. The van der Waals surface area contributed by atoms with Crippen LogP contribution in [0.25, 0.3) is 11.0 Å². The Morgan fingerprint density at radius 2 is 2.24 bits per heavy atom. The van der Waals surface area contributed by atoms with Crippen LogP contribution in [0.3, 0.4) is 0 Å².